The highest BCUT2D eigenvalue weighted by molar-refractivity contribution is 5.88. The van der Waals surface area contributed by atoms with E-state index in [1.165, 1.54) is 0 Å². The van der Waals surface area contributed by atoms with Crippen LogP contribution in [0.3, 0.4) is 0 Å². The number of carbonyl (C=O) groups excluding carboxylic acids is 2. The Hall–Kier alpha value is -1.85. The molecule has 0 unspecified atom stereocenters. The topological polar surface area (TPSA) is 67.2 Å². The monoisotopic (exact) mass is 346 g/mol. The van der Waals surface area contributed by atoms with Crippen molar-refractivity contribution in [3.05, 3.63) is 18.0 Å². The van der Waals surface area contributed by atoms with Crippen molar-refractivity contribution in [1.29, 1.82) is 0 Å². The molecule has 1 aromatic rings. The highest BCUT2D eigenvalue weighted by Crippen LogP contribution is 2.32. The average molecular weight is 346 g/mol. The molecule has 1 N–H and O–H groups in total. The highest BCUT2D eigenvalue weighted by Gasteiger charge is 2.38. The first-order chi connectivity index (χ1) is 12.1. The van der Waals surface area contributed by atoms with Crippen LogP contribution in [0.25, 0.3) is 0 Å². The number of aryl methyl sites for hydroxylation is 2. The fourth-order valence-corrected chi connectivity index (χ4v) is 4.09. The minimum Gasteiger partial charge on any atom is -0.356 e. The molecule has 2 aliphatic rings. The van der Waals surface area contributed by atoms with Crippen LogP contribution in [0.4, 0.5) is 0 Å². The Kier molecular flexibility index (Phi) is 6.10. The van der Waals surface area contributed by atoms with Gasteiger partial charge >= 0.3 is 0 Å². The van der Waals surface area contributed by atoms with Crippen molar-refractivity contribution >= 4 is 11.8 Å². The molecule has 2 heterocycles. The van der Waals surface area contributed by atoms with Crippen LogP contribution in [0.2, 0.25) is 0 Å². The summed E-state index contributed by atoms with van der Waals surface area (Å²) in [4.78, 5) is 27.4. The number of nitrogens with zero attached hydrogens (tertiary/aromatic N) is 3. The van der Waals surface area contributed by atoms with Gasteiger partial charge in [0.05, 0.1) is 6.20 Å². The predicted molar refractivity (Wildman–Crippen MR) is 95.9 cm³/mol. The lowest BCUT2D eigenvalue weighted by atomic mass is 9.78. The lowest BCUT2D eigenvalue weighted by Crippen LogP contribution is -2.44. The van der Waals surface area contributed by atoms with Crippen LogP contribution in [0, 0.1) is 18.8 Å². The number of hydrogen-bond acceptors (Lipinski definition) is 3. The van der Waals surface area contributed by atoms with E-state index >= 15 is 0 Å². The number of amides is 2. The van der Waals surface area contributed by atoms with Crippen LogP contribution < -0.4 is 5.32 Å². The third-order valence-corrected chi connectivity index (χ3v) is 5.46. The van der Waals surface area contributed by atoms with E-state index in [1.54, 1.807) is 0 Å². The average Bonchev–Trinajstić information content (AvgIpc) is 3.30. The number of rotatable bonds is 6. The van der Waals surface area contributed by atoms with Gasteiger partial charge < -0.3 is 10.2 Å². The molecule has 2 amide bonds. The first-order valence-corrected chi connectivity index (χ1v) is 9.71. The molecule has 6 nitrogen and oxygen atoms in total. The number of likely N-dealkylation sites (tertiary alicyclic amines) is 1. The quantitative estimate of drug-likeness (QED) is 0.803. The Bertz CT molecular complexity index is 592. The van der Waals surface area contributed by atoms with Gasteiger partial charge in [0, 0.05) is 44.2 Å². The first kappa shape index (κ1) is 18.0. The molecule has 1 aliphatic heterocycles. The van der Waals surface area contributed by atoms with Crippen LogP contribution in [0.1, 0.15) is 50.5 Å². The van der Waals surface area contributed by atoms with Crippen molar-refractivity contribution in [3.63, 3.8) is 0 Å². The molecule has 0 spiro atoms. The predicted octanol–water partition coefficient (Wildman–Crippen LogP) is 2.13. The van der Waals surface area contributed by atoms with E-state index < -0.39 is 0 Å². The van der Waals surface area contributed by atoms with E-state index in [4.69, 9.17) is 0 Å². The van der Waals surface area contributed by atoms with Gasteiger partial charge in [0.1, 0.15) is 0 Å². The molecule has 1 saturated carbocycles. The summed E-state index contributed by atoms with van der Waals surface area (Å²) < 4.78 is 1.90. The van der Waals surface area contributed by atoms with Crippen molar-refractivity contribution in [3.8, 4) is 0 Å². The minimum absolute atomic E-state index is 0.0638. The van der Waals surface area contributed by atoms with Crippen molar-refractivity contribution < 1.29 is 9.59 Å². The summed E-state index contributed by atoms with van der Waals surface area (Å²) in [7, 11) is 0. The Morgan fingerprint density at radius 3 is 2.56 bits per heavy atom. The number of aromatic nitrogens is 2. The minimum atomic E-state index is -0.145. The second-order valence-electron chi connectivity index (χ2n) is 7.46. The van der Waals surface area contributed by atoms with E-state index in [2.05, 4.69) is 10.4 Å². The Morgan fingerprint density at radius 2 is 1.88 bits per heavy atom. The lowest BCUT2D eigenvalue weighted by Gasteiger charge is -2.32. The zero-order valence-corrected chi connectivity index (χ0v) is 15.2. The molecule has 2 fully saturated rings. The summed E-state index contributed by atoms with van der Waals surface area (Å²) in [6.07, 6.45) is 10.7. The molecule has 3 rings (SSSR count). The number of nitrogens with one attached hydrogen (secondary N) is 1. The van der Waals surface area contributed by atoms with Gasteiger partial charge in [0.25, 0.3) is 0 Å². The molecule has 0 radical (unpaired) electrons. The van der Waals surface area contributed by atoms with Gasteiger partial charge in [-0.05, 0) is 44.6 Å². The van der Waals surface area contributed by atoms with E-state index in [9.17, 15) is 9.59 Å². The van der Waals surface area contributed by atoms with E-state index in [0.717, 1.165) is 70.1 Å². The molecular formula is C19H30N4O2. The van der Waals surface area contributed by atoms with Crippen LogP contribution in [0.5, 0.6) is 0 Å². The van der Waals surface area contributed by atoms with Gasteiger partial charge in [-0.15, -0.1) is 0 Å². The summed E-state index contributed by atoms with van der Waals surface area (Å²) in [5.41, 5.74) is 1.15. The maximum Gasteiger partial charge on any atom is 0.226 e. The first-order valence-electron chi connectivity index (χ1n) is 9.71. The highest BCUT2D eigenvalue weighted by atomic mass is 16.2. The zero-order chi connectivity index (χ0) is 17.6. The van der Waals surface area contributed by atoms with Gasteiger partial charge in [-0.1, -0.05) is 12.8 Å². The molecule has 6 heteroatoms. The number of hydrogen-bond donors (Lipinski definition) is 1. The van der Waals surface area contributed by atoms with E-state index in [-0.39, 0.29) is 23.7 Å². The van der Waals surface area contributed by atoms with Gasteiger partial charge in [-0.25, -0.2) is 0 Å². The normalized spacial score (nSPS) is 23.6. The van der Waals surface area contributed by atoms with Gasteiger partial charge in [-0.3, -0.25) is 14.3 Å². The van der Waals surface area contributed by atoms with Crippen LogP contribution in [0.15, 0.2) is 12.4 Å². The summed E-state index contributed by atoms with van der Waals surface area (Å²) in [5, 5.41) is 7.31. The Labute approximate surface area is 149 Å². The third kappa shape index (κ3) is 4.61. The van der Waals surface area contributed by atoms with Crippen molar-refractivity contribution in [1.82, 2.24) is 20.0 Å². The fraction of sp³-hybridized carbons (Fsp3) is 0.737. The van der Waals surface area contributed by atoms with E-state index in [0.29, 0.717) is 6.54 Å². The smallest absolute Gasteiger partial charge is 0.226 e. The van der Waals surface area contributed by atoms with Crippen LogP contribution in [-0.2, 0) is 16.1 Å². The summed E-state index contributed by atoms with van der Waals surface area (Å²) >= 11 is 0. The van der Waals surface area contributed by atoms with Gasteiger partial charge in [0.2, 0.25) is 11.8 Å². The molecule has 1 aromatic heterocycles. The summed E-state index contributed by atoms with van der Waals surface area (Å²) in [5.74, 6) is 0.0210. The molecule has 2 atom stereocenters. The molecule has 138 valence electrons. The van der Waals surface area contributed by atoms with Crippen LogP contribution >= 0.6 is 0 Å². The van der Waals surface area contributed by atoms with Crippen molar-refractivity contribution in [2.45, 2.75) is 58.4 Å². The van der Waals surface area contributed by atoms with Crippen molar-refractivity contribution in [2.24, 2.45) is 11.8 Å². The SMILES string of the molecule is Cc1cnn(CCCNC(=O)[C@H]2CCCC[C@@H]2C(=O)N2CCCC2)c1. The maximum atomic E-state index is 12.8. The third-order valence-electron chi connectivity index (χ3n) is 5.46. The van der Waals surface area contributed by atoms with Gasteiger partial charge in [0.15, 0.2) is 0 Å². The second-order valence-corrected chi connectivity index (χ2v) is 7.46. The molecule has 25 heavy (non-hydrogen) atoms. The largest absolute Gasteiger partial charge is 0.356 e. The molecule has 1 aliphatic carbocycles. The standard InChI is InChI=1S/C19H30N4O2/c1-15-13-21-23(14-15)12-6-9-20-18(24)16-7-2-3-8-17(16)19(25)22-10-4-5-11-22/h13-14,16-17H,2-12H2,1H3,(H,20,24)/t16-,17-/m0/s1. The Morgan fingerprint density at radius 1 is 1.16 bits per heavy atom. The van der Waals surface area contributed by atoms with Crippen molar-refractivity contribution in [2.75, 3.05) is 19.6 Å². The van der Waals surface area contributed by atoms with Crippen LogP contribution in [-0.4, -0.2) is 46.1 Å². The molecule has 0 aromatic carbocycles. The zero-order valence-electron chi connectivity index (χ0n) is 15.2. The summed E-state index contributed by atoms with van der Waals surface area (Å²) in [6.45, 7) is 5.19. The summed E-state index contributed by atoms with van der Waals surface area (Å²) in [6, 6.07) is 0. The van der Waals surface area contributed by atoms with Gasteiger partial charge in [-0.2, -0.15) is 5.10 Å². The fourth-order valence-electron chi connectivity index (χ4n) is 4.09. The molecule has 1 saturated heterocycles. The second kappa shape index (κ2) is 8.50. The van der Waals surface area contributed by atoms with E-state index in [1.807, 2.05) is 28.9 Å². The number of carbonyl (C=O) groups is 2. The molecule has 0 bridgehead atoms. The maximum absolute atomic E-state index is 12.8. The lowest BCUT2D eigenvalue weighted by molar-refractivity contribution is -0.142. The molecular weight excluding hydrogens is 316 g/mol. The Balaban J connectivity index is 1.47.